The first kappa shape index (κ1) is 34.6. The minimum absolute atomic E-state index is 0.102. The zero-order chi connectivity index (χ0) is 33.9. The fourth-order valence-electron chi connectivity index (χ4n) is 7.77. The molecule has 0 aromatic heterocycles. The third kappa shape index (κ3) is 6.06. The average molecular weight is 661 g/mol. The molecular formula is C37H48N4O5S. The fraction of sp³-hybridized carbons (Fsp3) is 0.486. The second kappa shape index (κ2) is 14.6. The lowest BCUT2D eigenvalue weighted by Gasteiger charge is -2.39. The maximum Gasteiger partial charge on any atom is 0.251 e. The standard InChI is InChI=1S/C37H48N4O5S/c1-7-22-39(28-16-18-29(19-17-28)46-11-5)34(43)31-30-20-21-37(47-30)32(31)35(44)41(25(6)24-42)33(37)36(45)40(23-8-2)27-14-12-26(13-15-27)38(9-3)10-4/h7-8,12-19,25,30-33,42H,1-2,9-11,20-24H2,3-6H3/t25-,30-,31+,32+,33?,37?/m1/s1. The second-order valence-electron chi connectivity index (χ2n) is 12.4. The first-order valence-corrected chi connectivity index (χ1v) is 17.6. The van der Waals surface area contributed by atoms with Crippen LogP contribution in [0.25, 0.3) is 0 Å². The molecule has 252 valence electrons. The number of likely N-dealkylation sites (tertiary alicyclic amines) is 1. The maximum absolute atomic E-state index is 14.8. The Labute approximate surface area is 283 Å². The highest BCUT2D eigenvalue weighted by Crippen LogP contribution is 2.67. The van der Waals surface area contributed by atoms with Crippen molar-refractivity contribution in [2.24, 2.45) is 11.8 Å². The number of aliphatic hydroxyl groups excluding tert-OH is 1. The van der Waals surface area contributed by atoms with Crippen LogP contribution in [0.5, 0.6) is 5.75 Å². The summed E-state index contributed by atoms with van der Waals surface area (Å²) in [7, 11) is 0. The Morgan fingerprint density at radius 1 is 0.979 bits per heavy atom. The number of benzene rings is 2. The van der Waals surface area contributed by atoms with E-state index >= 15 is 0 Å². The number of amides is 3. The number of rotatable bonds is 15. The molecule has 3 saturated heterocycles. The van der Waals surface area contributed by atoms with Gasteiger partial charge in [-0.15, -0.1) is 24.9 Å². The predicted molar refractivity (Wildman–Crippen MR) is 190 cm³/mol. The van der Waals surface area contributed by atoms with E-state index < -0.39 is 28.7 Å². The van der Waals surface area contributed by atoms with Crippen LogP contribution in [0.3, 0.4) is 0 Å². The summed E-state index contributed by atoms with van der Waals surface area (Å²) in [5, 5.41) is 10.2. The highest BCUT2D eigenvalue weighted by atomic mass is 32.2. The van der Waals surface area contributed by atoms with Gasteiger partial charge in [-0.2, -0.15) is 0 Å². The third-order valence-corrected chi connectivity index (χ3v) is 11.9. The summed E-state index contributed by atoms with van der Waals surface area (Å²) in [5.74, 6) is -1.19. The molecule has 10 heteroatoms. The summed E-state index contributed by atoms with van der Waals surface area (Å²) in [6, 6.07) is 13.8. The van der Waals surface area contributed by atoms with Crippen molar-refractivity contribution in [1.29, 1.82) is 0 Å². The zero-order valence-electron chi connectivity index (χ0n) is 28.0. The van der Waals surface area contributed by atoms with Gasteiger partial charge >= 0.3 is 0 Å². The van der Waals surface area contributed by atoms with Crippen molar-refractivity contribution in [1.82, 2.24) is 4.90 Å². The molecule has 3 amide bonds. The molecule has 1 spiro atoms. The molecule has 5 rings (SSSR count). The summed E-state index contributed by atoms with van der Waals surface area (Å²) in [6.07, 6.45) is 4.74. The van der Waals surface area contributed by atoms with Crippen molar-refractivity contribution in [2.45, 2.75) is 62.6 Å². The predicted octanol–water partition coefficient (Wildman–Crippen LogP) is 5.14. The Kier molecular flexibility index (Phi) is 10.7. The molecule has 0 aliphatic carbocycles. The Bertz CT molecular complexity index is 1460. The van der Waals surface area contributed by atoms with Crippen LogP contribution in [0.4, 0.5) is 17.1 Å². The largest absolute Gasteiger partial charge is 0.494 e. The molecule has 0 radical (unpaired) electrons. The van der Waals surface area contributed by atoms with Crippen LogP contribution in [0.2, 0.25) is 0 Å². The highest BCUT2D eigenvalue weighted by Gasteiger charge is 2.74. The number of anilines is 3. The molecular weight excluding hydrogens is 612 g/mol. The van der Waals surface area contributed by atoms with Gasteiger partial charge in [0.2, 0.25) is 11.8 Å². The molecule has 3 heterocycles. The Morgan fingerprint density at radius 3 is 2.06 bits per heavy atom. The monoisotopic (exact) mass is 660 g/mol. The maximum atomic E-state index is 14.8. The Hall–Kier alpha value is -3.76. The van der Waals surface area contributed by atoms with Crippen LogP contribution < -0.4 is 19.4 Å². The van der Waals surface area contributed by atoms with Gasteiger partial charge in [0.1, 0.15) is 11.8 Å². The van der Waals surface area contributed by atoms with E-state index in [1.54, 1.807) is 45.5 Å². The Morgan fingerprint density at radius 2 is 1.53 bits per heavy atom. The molecule has 47 heavy (non-hydrogen) atoms. The van der Waals surface area contributed by atoms with Crippen LogP contribution in [-0.4, -0.2) is 89.2 Å². The molecule has 9 nitrogen and oxygen atoms in total. The van der Waals surface area contributed by atoms with E-state index in [0.29, 0.717) is 30.2 Å². The van der Waals surface area contributed by atoms with Crippen LogP contribution >= 0.6 is 11.8 Å². The van der Waals surface area contributed by atoms with Crippen molar-refractivity contribution in [3.05, 3.63) is 73.8 Å². The lowest BCUT2D eigenvalue weighted by molar-refractivity contribution is -0.141. The molecule has 3 aliphatic heterocycles. The number of hydrogen-bond donors (Lipinski definition) is 1. The first-order valence-electron chi connectivity index (χ1n) is 16.7. The van der Waals surface area contributed by atoms with Gasteiger partial charge in [0.05, 0.1) is 35.8 Å². The number of carbonyl (C=O) groups is 3. The number of thioether (sulfide) groups is 1. The molecule has 2 aromatic rings. The summed E-state index contributed by atoms with van der Waals surface area (Å²) in [6.45, 7) is 18.2. The molecule has 2 unspecified atom stereocenters. The Balaban J connectivity index is 1.52. The van der Waals surface area contributed by atoms with Crippen molar-refractivity contribution < 1.29 is 24.2 Å². The molecule has 1 N–H and O–H groups in total. The van der Waals surface area contributed by atoms with Gasteiger partial charge < -0.3 is 29.4 Å². The molecule has 6 atom stereocenters. The van der Waals surface area contributed by atoms with Gasteiger partial charge in [0, 0.05) is 48.5 Å². The quantitative estimate of drug-likeness (QED) is 0.265. The molecule has 3 fully saturated rings. The van der Waals surface area contributed by atoms with E-state index in [4.69, 9.17) is 4.74 Å². The van der Waals surface area contributed by atoms with Gasteiger partial charge in [-0.3, -0.25) is 14.4 Å². The van der Waals surface area contributed by atoms with Gasteiger partial charge in [0.15, 0.2) is 0 Å². The molecule has 2 bridgehead atoms. The third-order valence-electron chi connectivity index (χ3n) is 9.90. The fourth-order valence-corrected chi connectivity index (χ4v) is 9.96. The van der Waals surface area contributed by atoms with Crippen molar-refractivity contribution in [2.75, 3.05) is 54.1 Å². The molecule has 2 aromatic carbocycles. The van der Waals surface area contributed by atoms with E-state index in [1.165, 1.54) is 0 Å². The summed E-state index contributed by atoms with van der Waals surface area (Å²) >= 11 is 1.62. The number of fused-ring (bicyclic) bond motifs is 1. The smallest absolute Gasteiger partial charge is 0.251 e. The summed E-state index contributed by atoms with van der Waals surface area (Å²) < 4.78 is 4.81. The van der Waals surface area contributed by atoms with Crippen LogP contribution in [-0.2, 0) is 14.4 Å². The van der Waals surface area contributed by atoms with Gasteiger partial charge in [0.25, 0.3) is 5.91 Å². The summed E-state index contributed by atoms with van der Waals surface area (Å²) in [4.78, 5) is 51.1. The van der Waals surface area contributed by atoms with Gasteiger partial charge in [-0.25, -0.2) is 0 Å². The number of aliphatic hydroxyl groups is 1. The number of nitrogens with zero attached hydrogens (tertiary/aromatic N) is 4. The van der Waals surface area contributed by atoms with Crippen LogP contribution in [0.15, 0.2) is 73.8 Å². The topological polar surface area (TPSA) is 93.6 Å². The normalized spacial score (nSPS) is 24.9. The lowest BCUT2D eigenvalue weighted by Crippen LogP contribution is -2.57. The van der Waals surface area contributed by atoms with Crippen LogP contribution in [0, 0.1) is 11.8 Å². The van der Waals surface area contributed by atoms with E-state index in [9.17, 15) is 19.5 Å². The van der Waals surface area contributed by atoms with E-state index in [-0.39, 0.29) is 42.7 Å². The minimum Gasteiger partial charge on any atom is -0.494 e. The second-order valence-corrected chi connectivity index (χ2v) is 14.0. The SMILES string of the molecule is C=CCN(C(=O)C1N([C@H](C)CO)C(=O)[C@@H]2[C@@H](C(=O)N(CC=C)c3ccc(OCC)cc3)[C@H]3CCC12S3)c1ccc(N(CC)CC)cc1. The molecule has 0 saturated carbocycles. The zero-order valence-corrected chi connectivity index (χ0v) is 28.8. The van der Waals surface area contributed by atoms with Crippen molar-refractivity contribution >= 4 is 46.5 Å². The minimum atomic E-state index is -0.837. The first-order chi connectivity index (χ1) is 22.7. The van der Waals surface area contributed by atoms with Gasteiger partial charge in [-0.05, 0) is 89.1 Å². The van der Waals surface area contributed by atoms with Crippen LogP contribution in [0.1, 0.15) is 40.5 Å². The summed E-state index contributed by atoms with van der Waals surface area (Å²) in [5.41, 5.74) is 2.48. The average Bonchev–Trinajstić information content (AvgIpc) is 3.74. The van der Waals surface area contributed by atoms with E-state index in [0.717, 1.165) is 25.2 Å². The number of hydrogen-bond acceptors (Lipinski definition) is 7. The highest BCUT2D eigenvalue weighted by molar-refractivity contribution is 8.02. The van der Waals surface area contributed by atoms with Gasteiger partial charge in [-0.1, -0.05) is 12.2 Å². The number of ether oxygens (including phenoxy) is 1. The number of carbonyl (C=O) groups excluding carboxylic acids is 3. The van der Waals surface area contributed by atoms with E-state index in [2.05, 4.69) is 31.9 Å². The van der Waals surface area contributed by atoms with E-state index in [1.807, 2.05) is 55.5 Å². The van der Waals surface area contributed by atoms with Crippen molar-refractivity contribution in [3.8, 4) is 5.75 Å². The molecule has 3 aliphatic rings. The van der Waals surface area contributed by atoms with Crippen molar-refractivity contribution in [3.63, 3.8) is 0 Å². The lowest BCUT2D eigenvalue weighted by atomic mass is 9.70.